The lowest BCUT2D eigenvalue weighted by Gasteiger charge is -2.17. The standard InChI is InChI=1S/C16H16N2O2/c19-15(20)8-14-9-17-10-18-16(14)13-6-5-11-3-1-2-4-12(11)7-13/h5-7,9-10H,1-4,8H2,(H,19,20). The van der Waals surface area contributed by atoms with E-state index in [9.17, 15) is 4.79 Å². The van der Waals surface area contributed by atoms with Gasteiger partial charge >= 0.3 is 5.97 Å². The normalized spacial score (nSPS) is 13.8. The minimum atomic E-state index is -0.862. The van der Waals surface area contributed by atoms with Gasteiger partial charge in [-0.05, 0) is 42.9 Å². The highest BCUT2D eigenvalue weighted by molar-refractivity contribution is 5.75. The lowest BCUT2D eigenvalue weighted by Crippen LogP contribution is -2.05. The summed E-state index contributed by atoms with van der Waals surface area (Å²) in [6, 6.07) is 6.34. The van der Waals surface area contributed by atoms with Crippen LogP contribution in [0.5, 0.6) is 0 Å². The molecule has 0 aliphatic heterocycles. The topological polar surface area (TPSA) is 63.1 Å². The quantitative estimate of drug-likeness (QED) is 0.929. The van der Waals surface area contributed by atoms with Crippen LogP contribution in [0.15, 0.2) is 30.7 Å². The van der Waals surface area contributed by atoms with Crippen molar-refractivity contribution >= 4 is 5.97 Å². The number of benzene rings is 1. The molecule has 20 heavy (non-hydrogen) atoms. The molecule has 0 atom stereocenters. The van der Waals surface area contributed by atoms with Crippen LogP contribution in [0.25, 0.3) is 11.3 Å². The van der Waals surface area contributed by atoms with E-state index in [-0.39, 0.29) is 6.42 Å². The van der Waals surface area contributed by atoms with Gasteiger partial charge in [0.2, 0.25) is 0 Å². The van der Waals surface area contributed by atoms with E-state index in [1.807, 2.05) is 6.07 Å². The molecule has 1 aliphatic carbocycles. The van der Waals surface area contributed by atoms with E-state index in [0.29, 0.717) is 5.56 Å². The summed E-state index contributed by atoms with van der Waals surface area (Å²) >= 11 is 0. The number of nitrogens with zero attached hydrogens (tertiary/aromatic N) is 2. The van der Waals surface area contributed by atoms with Gasteiger partial charge in [0.15, 0.2) is 0 Å². The summed E-state index contributed by atoms with van der Waals surface area (Å²) in [6.45, 7) is 0. The summed E-state index contributed by atoms with van der Waals surface area (Å²) in [7, 11) is 0. The average molecular weight is 268 g/mol. The highest BCUT2D eigenvalue weighted by Crippen LogP contribution is 2.28. The van der Waals surface area contributed by atoms with Crippen molar-refractivity contribution < 1.29 is 9.90 Å². The Morgan fingerprint density at radius 3 is 2.80 bits per heavy atom. The predicted octanol–water partition coefficient (Wildman–Crippen LogP) is 2.65. The fraction of sp³-hybridized carbons (Fsp3) is 0.312. The largest absolute Gasteiger partial charge is 0.481 e. The molecule has 4 nitrogen and oxygen atoms in total. The van der Waals surface area contributed by atoms with Gasteiger partial charge < -0.3 is 5.11 Å². The fourth-order valence-corrected chi connectivity index (χ4v) is 2.79. The van der Waals surface area contributed by atoms with Gasteiger partial charge in [-0.25, -0.2) is 9.97 Å². The molecule has 2 aromatic rings. The molecule has 1 heterocycles. The van der Waals surface area contributed by atoms with Crippen molar-refractivity contribution in [3.05, 3.63) is 47.4 Å². The molecule has 0 saturated heterocycles. The second-order valence-corrected chi connectivity index (χ2v) is 5.16. The van der Waals surface area contributed by atoms with Gasteiger partial charge in [0.25, 0.3) is 0 Å². The van der Waals surface area contributed by atoms with E-state index in [4.69, 9.17) is 5.11 Å². The van der Waals surface area contributed by atoms with Crippen molar-refractivity contribution in [1.82, 2.24) is 9.97 Å². The molecule has 0 radical (unpaired) electrons. The first-order chi connectivity index (χ1) is 9.74. The molecule has 3 rings (SSSR count). The Labute approximate surface area is 117 Å². The first-order valence-corrected chi connectivity index (χ1v) is 6.87. The van der Waals surface area contributed by atoms with Crippen molar-refractivity contribution in [2.24, 2.45) is 0 Å². The van der Waals surface area contributed by atoms with E-state index in [0.717, 1.165) is 24.1 Å². The van der Waals surface area contributed by atoms with E-state index in [1.165, 1.54) is 30.3 Å². The third kappa shape index (κ3) is 2.54. The smallest absolute Gasteiger partial charge is 0.307 e. The molecule has 1 aliphatic rings. The summed E-state index contributed by atoms with van der Waals surface area (Å²) in [5, 5.41) is 8.97. The van der Waals surface area contributed by atoms with E-state index >= 15 is 0 Å². The van der Waals surface area contributed by atoms with Gasteiger partial charge in [-0.3, -0.25) is 4.79 Å². The van der Waals surface area contributed by atoms with Gasteiger partial charge in [-0.15, -0.1) is 0 Å². The minimum Gasteiger partial charge on any atom is -0.481 e. The summed E-state index contributed by atoms with van der Waals surface area (Å²) in [5.74, 6) is -0.862. The number of aromatic nitrogens is 2. The Morgan fingerprint density at radius 2 is 2.00 bits per heavy atom. The SMILES string of the molecule is O=C(O)Cc1cncnc1-c1ccc2c(c1)CCCC2. The number of hydrogen-bond acceptors (Lipinski definition) is 3. The highest BCUT2D eigenvalue weighted by atomic mass is 16.4. The van der Waals surface area contributed by atoms with Crippen LogP contribution in [0.4, 0.5) is 0 Å². The van der Waals surface area contributed by atoms with Gasteiger partial charge in [-0.1, -0.05) is 12.1 Å². The lowest BCUT2D eigenvalue weighted by atomic mass is 9.89. The second kappa shape index (κ2) is 5.41. The van der Waals surface area contributed by atoms with Crippen LogP contribution >= 0.6 is 0 Å². The van der Waals surface area contributed by atoms with Crippen LogP contribution in [-0.4, -0.2) is 21.0 Å². The molecule has 0 fully saturated rings. The van der Waals surface area contributed by atoms with Crippen LogP contribution in [0.1, 0.15) is 29.5 Å². The summed E-state index contributed by atoms with van der Waals surface area (Å²) in [5.41, 5.74) is 5.17. The van der Waals surface area contributed by atoms with Gasteiger partial charge in [0.1, 0.15) is 6.33 Å². The number of carboxylic acids is 1. The zero-order valence-corrected chi connectivity index (χ0v) is 11.2. The number of carbonyl (C=O) groups is 1. The van der Waals surface area contributed by atoms with Crippen LogP contribution in [0.3, 0.4) is 0 Å². The lowest BCUT2D eigenvalue weighted by molar-refractivity contribution is -0.136. The molecule has 0 unspecified atom stereocenters. The van der Waals surface area contributed by atoms with Gasteiger partial charge in [-0.2, -0.15) is 0 Å². The Balaban J connectivity index is 2.02. The van der Waals surface area contributed by atoms with E-state index in [2.05, 4.69) is 22.1 Å². The highest BCUT2D eigenvalue weighted by Gasteiger charge is 2.14. The summed E-state index contributed by atoms with van der Waals surface area (Å²) in [4.78, 5) is 19.1. The minimum absolute atomic E-state index is 0.0484. The van der Waals surface area contributed by atoms with Crippen LogP contribution in [0.2, 0.25) is 0 Å². The maximum Gasteiger partial charge on any atom is 0.307 e. The molecular formula is C16H16N2O2. The predicted molar refractivity (Wildman–Crippen MR) is 75.4 cm³/mol. The maximum absolute atomic E-state index is 10.9. The Hall–Kier alpha value is -2.23. The van der Waals surface area contributed by atoms with Crippen molar-refractivity contribution in [2.45, 2.75) is 32.1 Å². The first kappa shape index (κ1) is 12.8. The van der Waals surface area contributed by atoms with Crippen molar-refractivity contribution in [1.29, 1.82) is 0 Å². The molecule has 0 amide bonds. The number of aliphatic carboxylic acids is 1. The third-order valence-corrected chi connectivity index (χ3v) is 3.75. The molecular weight excluding hydrogens is 252 g/mol. The molecule has 1 aromatic carbocycles. The zero-order valence-electron chi connectivity index (χ0n) is 11.2. The van der Waals surface area contributed by atoms with Crippen LogP contribution in [0, 0.1) is 0 Å². The second-order valence-electron chi connectivity index (χ2n) is 5.16. The number of rotatable bonds is 3. The monoisotopic (exact) mass is 268 g/mol. The Bertz CT molecular complexity index is 653. The fourth-order valence-electron chi connectivity index (χ4n) is 2.79. The molecule has 0 saturated carbocycles. The summed E-state index contributed by atoms with van der Waals surface area (Å²) in [6.07, 6.45) is 7.74. The van der Waals surface area contributed by atoms with Crippen LogP contribution < -0.4 is 0 Å². The Kier molecular flexibility index (Phi) is 3.46. The molecule has 1 aromatic heterocycles. The number of carboxylic acid groups (broad SMARTS) is 1. The number of hydrogen-bond donors (Lipinski definition) is 1. The number of aryl methyl sites for hydroxylation is 2. The van der Waals surface area contributed by atoms with Crippen molar-refractivity contribution in [2.75, 3.05) is 0 Å². The maximum atomic E-state index is 10.9. The van der Waals surface area contributed by atoms with Gasteiger partial charge in [0, 0.05) is 17.3 Å². The van der Waals surface area contributed by atoms with E-state index in [1.54, 1.807) is 6.20 Å². The zero-order chi connectivity index (χ0) is 13.9. The Morgan fingerprint density at radius 1 is 1.20 bits per heavy atom. The van der Waals surface area contributed by atoms with E-state index < -0.39 is 5.97 Å². The average Bonchev–Trinajstić information content (AvgIpc) is 2.47. The summed E-state index contributed by atoms with van der Waals surface area (Å²) < 4.78 is 0. The number of fused-ring (bicyclic) bond motifs is 1. The molecule has 1 N–H and O–H groups in total. The van der Waals surface area contributed by atoms with Crippen LogP contribution in [-0.2, 0) is 24.1 Å². The van der Waals surface area contributed by atoms with Crippen molar-refractivity contribution in [3.63, 3.8) is 0 Å². The molecule has 102 valence electrons. The third-order valence-electron chi connectivity index (χ3n) is 3.75. The molecule has 0 bridgehead atoms. The van der Waals surface area contributed by atoms with Crippen molar-refractivity contribution in [3.8, 4) is 11.3 Å². The molecule has 0 spiro atoms. The first-order valence-electron chi connectivity index (χ1n) is 6.87. The molecule has 4 heteroatoms. The van der Waals surface area contributed by atoms with Gasteiger partial charge in [0.05, 0.1) is 12.1 Å².